The second-order valence-electron chi connectivity index (χ2n) is 3.15. The molecule has 1 aromatic heterocycles. The van der Waals surface area contributed by atoms with Crippen molar-refractivity contribution in [3.63, 3.8) is 0 Å². The third kappa shape index (κ3) is 2.10. The quantitative estimate of drug-likeness (QED) is 0.833. The number of benzene rings is 1. The van der Waals surface area contributed by atoms with Crippen molar-refractivity contribution in [2.75, 3.05) is 5.73 Å². The van der Waals surface area contributed by atoms with E-state index in [-0.39, 0.29) is 5.75 Å². The molecule has 4 heteroatoms. The molecule has 2 aromatic rings. The van der Waals surface area contributed by atoms with Crippen molar-refractivity contribution in [3.05, 3.63) is 41.0 Å². The molecule has 3 N–H and O–H groups in total. The van der Waals surface area contributed by atoms with E-state index in [0.29, 0.717) is 5.69 Å². The average Bonchev–Trinajstić information content (AvgIpc) is 2.17. The van der Waals surface area contributed by atoms with Crippen LogP contribution in [0.1, 0.15) is 0 Å². The van der Waals surface area contributed by atoms with Crippen LogP contribution in [0, 0.1) is 0 Å². The topological polar surface area (TPSA) is 59.1 Å². The summed E-state index contributed by atoms with van der Waals surface area (Å²) in [5.74, 6) is 0.220. The van der Waals surface area contributed by atoms with Gasteiger partial charge in [-0.1, -0.05) is 12.1 Å². The summed E-state index contributed by atoms with van der Waals surface area (Å²) in [5.41, 5.74) is 7.81. The third-order valence-electron chi connectivity index (χ3n) is 1.98. The zero-order chi connectivity index (χ0) is 10.8. The number of rotatable bonds is 1. The Morgan fingerprint density at radius 2 is 2.07 bits per heavy atom. The van der Waals surface area contributed by atoms with Crippen molar-refractivity contribution < 1.29 is 5.11 Å². The van der Waals surface area contributed by atoms with E-state index >= 15 is 0 Å². The minimum absolute atomic E-state index is 0.220. The Morgan fingerprint density at radius 3 is 2.73 bits per heavy atom. The Morgan fingerprint density at radius 1 is 1.27 bits per heavy atom. The Bertz CT molecular complexity index is 500. The zero-order valence-corrected chi connectivity index (χ0v) is 9.40. The molecule has 0 amide bonds. The van der Waals surface area contributed by atoms with Crippen molar-refractivity contribution in [1.82, 2.24) is 4.98 Å². The van der Waals surface area contributed by atoms with Crippen LogP contribution in [0.3, 0.4) is 0 Å². The number of hydrogen-bond donors (Lipinski definition) is 2. The second kappa shape index (κ2) is 3.90. The maximum atomic E-state index is 9.35. The number of pyridine rings is 1. The van der Waals surface area contributed by atoms with Gasteiger partial charge in [-0.15, -0.1) is 0 Å². The molecule has 0 saturated heterocycles. The number of nitrogens with zero attached hydrogens (tertiary/aromatic N) is 1. The van der Waals surface area contributed by atoms with E-state index < -0.39 is 0 Å². The lowest BCUT2D eigenvalue weighted by molar-refractivity contribution is 0.475. The van der Waals surface area contributed by atoms with E-state index in [2.05, 4.69) is 20.9 Å². The maximum absolute atomic E-state index is 9.35. The molecule has 0 aliphatic heterocycles. The van der Waals surface area contributed by atoms with Gasteiger partial charge >= 0.3 is 0 Å². The fraction of sp³-hybridized carbons (Fsp3) is 0. The summed E-state index contributed by atoms with van der Waals surface area (Å²) >= 11 is 3.38. The molecule has 0 atom stereocenters. The molecule has 0 aliphatic rings. The van der Waals surface area contributed by atoms with Crippen molar-refractivity contribution in [3.8, 4) is 17.0 Å². The molecular weight excluding hydrogens is 256 g/mol. The average molecular weight is 265 g/mol. The normalized spacial score (nSPS) is 10.2. The van der Waals surface area contributed by atoms with Crippen LogP contribution < -0.4 is 5.73 Å². The number of aromatic nitrogens is 1. The van der Waals surface area contributed by atoms with Crippen LogP contribution in [0.5, 0.6) is 5.75 Å². The van der Waals surface area contributed by atoms with Crippen LogP contribution in [-0.4, -0.2) is 10.1 Å². The highest BCUT2D eigenvalue weighted by Gasteiger charge is 2.05. The maximum Gasteiger partial charge on any atom is 0.116 e. The summed E-state index contributed by atoms with van der Waals surface area (Å²) in [4.78, 5) is 4.21. The number of anilines is 1. The standard InChI is InChI=1S/C11H9BrN2O/c12-10-5-8(13)6-14-11(10)7-2-1-3-9(15)4-7/h1-6,15H,13H2. The summed E-state index contributed by atoms with van der Waals surface area (Å²) in [5, 5.41) is 9.35. The Kier molecular flexibility index (Phi) is 2.60. The highest BCUT2D eigenvalue weighted by Crippen LogP contribution is 2.29. The number of nitrogen functional groups attached to an aromatic ring is 1. The molecule has 15 heavy (non-hydrogen) atoms. The third-order valence-corrected chi connectivity index (χ3v) is 2.59. The predicted octanol–water partition coefficient (Wildman–Crippen LogP) is 2.80. The Hall–Kier alpha value is -1.55. The largest absolute Gasteiger partial charge is 0.508 e. The van der Waals surface area contributed by atoms with Crippen molar-refractivity contribution in [1.29, 1.82) is 0 Å². The smallest absolute Gasteiger partial charge is 0.116 e. The van der Waals surface area contributed by atoms with E-state index in [4.69, 9.17) is 5.73 Å². The number of phenolic OH excluding ortho intramolecular Hbond substituents is 1. The van der Waals surface area contributed by atoms with Crippen LogP contribution >= 0.6 is 15.9 Å². The minimum atomic E-state index is 0.220. The van der Waals surface area contributed by atoms with Gasteiger partial charge in [0.15, 0.2) is 0 Å². The fourth-order valence-electron chi connectivity index (χ4n) is 1.32. The molecule has 1 aromatic carbocycles. The van der Waals surface area contributed by atoms with Crippen LogP contribution in [0.15, 0.2) is 41.0 Å². The molecule has 0 saturated carbocycles. The van der Waals surface area contributed by atoms with Crippen molar-refractivity contribution >= 4 is 21.6 Å². The van der Waals surface area contributed by atoms with Gasteiger partial charge in [-0.2, -0.15) is 0 Å². The summed E-state index contributed by atoms with van der Waals surface area (Å²) in [6.07, 6.45) is 1.59. The number of hydrogen-bond acceptors (Lipinski definition) is 3. The lowest BCUT2D eigenvalue weighted by Gasteiger charge is -2.04. The second-order valence-corrected chi connectivity index (χ2v) is 4.00. The highest BCUT2D eigenvalue weighted by atomic mass is 79.9. The van der Waals surface area contributed by atoms with E-state index in [1.807, 2.05) is 6.07 Å². The first-order valence-corrected chi connectivity index (χ1v) is 5.16. The van der Waals surface area contributed by atoms with Gasteiger partial charge in [0, 0.05) is 10.0 Å². The molecule has 0 fully saturated rings. The van der Waals surface area contributed by atoms with Gasteiger partial charge in [-0.3, -0.25) is 4.98 Å². The number of aromatic hydroxyl groups is 1. The van der Waals surface area contributed by atoms with Crippen LogP contribution in [0.2, 0.25) is 0 Å². The Balaban J connectivity index is 2.54. The van der Waals surface area contributed by atoms with Gasteiger partial charge < -0.3 is 10.8 Å². The zero-order valence-electron chi connectivity index (χ0n) is 7.81. The number of nitrogens with two attached hydrogens (primary N) is 1. The molecule has 2 rings (SSSR count). The van der Waals surface area contributed by atoms with Crippen LogP contribution in [0.4, 0.5) is 5.69 Å². The Labute approximate surface area is 95.7 Å². The molecule has 0 radical (unpaired) electrons. The summed E-state index contributed by atoms with van der Waals surface area (Å²) < 4.78 is 0.813. The lowest BCUT2D eigenvalue weighted by atomic mass is 10.1. The summed E-state index contributed by atoms with van der Waals surface area (Å²) in [6.45, 7) is 0. The van der Waals surface area contributed by atoms with Gasteiger partial charge in [0.25, 0.3) is 0 Å². The minimum Gasteiger partial charge on any atom is -0.508 e. The van der Waals surface area contributed by atoms with Crippen molar-refractivity contribution in [2.24, 2.45) is 0 Å². The van der Waals surface area contributed by atoms with Gasteiger partial charge in [-0.05, 0) is 34.1 Å². The first-order chi connectivity index (χ1) is 7.16. The number of halogens is 1. The molecular formula is C11H9BrN2O. The van der Waals surface area contributed by atoms with E-state index in [1.54, 1.807) is 30.5 Å². The molecule has 0 bridgehead atoms. The SMILES string of the molecule is Nc1cnc(-c2cccc(O)c2)c(Br)c1. The van der Waals surface area contributed by atoms with E-state index in [1.165, 1.54) is 0 Å². The van der Waals surface area contributed by atoms with Crippen LogP contribution in [0.25, 0.3) is 11.3 Å². The molecule has 0 unspecified atom stereocenters. The first kappa shape index (κ1) is 9.98. The van der Waals surface area contributed by atoms with Gasteiger partial charge in [0.2, 0.25) is 0 Å². The van der Waals surface area contributed by atoms with Gasteiger partial charge in [-0.25, -0.2) is 0 Å². The summed E-state index contributed by atoms with van der Waals surface area (Å²) in [6, 6.07) is 8.71. The molecule has 0 aliphatic carbocycles. The van der Waals surface area contributed by atoms with Gasteiger partial charge in [0.1, 0.15) is 5.75 Å². The molecule has 1 heterocycles. The van der Waals surface area contributed by atoms with E-state index in [0.717, 1.165) is 15.7 Å². The number of phenols is 1. The van der Waals surface area contributed by atoms with Crippen LogP contribution in [-0.2, 0) is 0 Å². The van der Waals surface area contributed by atoms with E-state index in [9.17, 15) is 5.11 Å². The van der Waals surface area contributed by atoms with Crippen molar-refractivity contribution in [2.45, 2.75) is 0 Å². The predicted molar refractivity (Wildman–Crippen MR) is 63.5 cm³/mol. The highest BCUT2D eigenvalue weighted by molar-refractivity contribution is 9.10. The molecule has 76 valence electrons. The summed E-state index contributed by atoms with van der Waals surface area (Å²) in [7, 11) is 0. The lowest BCUT2D eigenvalue weighted by Crippen LogP contribution is -1.90. The fourth-order valence-corrected chi connectivity index (χ4v) is 1.91. The molecule has 3 nitrogen and oxygen atoms in total. The molecule has 0 spiro atoms. The monoisotopic (exact) mass is 264 g/mol. The first-order valence-electron chi connectivity index (χ1n) is 4.37. The van der Waals surface area contributed by atoms with Gasteiger partial charge in [0.05, 0.1) is 17.6 Å².